The summed E-state index contributed by atoms with van der Waals surface area (Å²) < 4.78 is 10.8. The largest absolute Gasteiger partial charge is 0.492 e. The summed E-state index contributed by atoms with van der Waals surface area (Å²) in [5, 5.41) is 3.67. The fraction of sp³-hybridized carbons (Fsp3) is 0.357. The summed E-state index contributed by atoms with van der Waals surface area (Å²) in [5.74, 6) is 0.703. The fourth-order valence-electron chi connectivity index (χ4n) is 1.70. The van der Waals surface area contributed by atoms with Crippen molar-refractivity contribution in [3.05, 3.63) is 34.7 Å². The molecule has 2 rings (SSSR count). The maximum Gasteiger partial charge on any atom is 0.359 e. The average molecular weight is 262 g/mol. The summed E-state index contributed by atoms with van der Waals surface area (Å²) >= 11 is 0. The van der Waals surface area contributed by atoms with E-state index in [4.69, 9.17) is 9.15 Å². The lowest BCUT2D eigenvalue weighted by atomic mass is 10.2. The van der Waals surface area contributed by atoms with Crippen LogP contribution in [0.5, 0.6) is 5.75 Å². The number of likely N-dealkylation sites (N-methyl/N-ethyl adjacent to an activating group) is 1. The first-order valence-electron chi connectivity index (χ1n) is 6.13. The molecular formula is C14H18N2O3. The van der Waals surface area contributed by atoms with E-state index in [1.165, 1.54) is 0 Å². The number of nitrogens with zero attached hydrogens (tertiary/aromatic N) is 1. The average Bonchev–Trinajstić information content (AvgIpc) is 2.37. The predicted molar refractivity (Wildman–Crippen MR) is 76.1 cm³/mol. The molecule has 2 aromatic rings. The second kappa shape index (κ2) is 5.75. The molecule has 0 saturated heterocycles. The van der Waals surface area contributed by atoms with E-state index in [9.17, 15) is 4.79 Å². The van der Waals surface area contributed by atoms with Crippen molar-refractivity contribution in [1.29, 1.82) is 0 Å². The molecule has 19 heavy (non-hydrogen) atoms. The zero-order valence-corrected chi connectivity index (χ0v) is 11.4. The molecule has 0 saturated carbocycles. The normalized spacial score (nSPS) is 10.9. The zero-order valence-electron chi connectivity index (χ0n) is 11.4. The Morgan fingerprint density at radius 3 is 2.79 bits per heavy atom. The molecule has 0 atom stereocenters. The molecule has 0 aliphatic rings. The number of ether oxygens (including phenoxy) is 1. The molecule has 1 aromatic carbocycles. The maximum atomic E-state index is 11.6. The minimum Gasteiger partial charge on any atom is -0.492 e. The van der Waals surface area contributed by atoms with Crippen molar-refractivity contribution < 1.29 is 9.15 Å². The monoisotopic (exact) mass is 262 g/mol. The molecule has 5 nitrogen and oxygen atoms in total. The molecule has 0 spiro atoms. The molecule has 1 heterocycles. The van der Waals surface area contributed by atoms with Gasteiger partial charge in [-0.15, -0.1) is 0 Å². The number of nitrogens with one attached hydrogen (secondary N) is 1. The topological polar surface area (TPSA) is 54.7 Å². The maximum absolute atomic E-state index is 11.6. The van der Waals surface area contributed by atoms with Crippen molar-refractivity contribution in [1.82, 2.24) is 4.90 Å². The number of rotatable bonds is 5. The fourth-order valence-corrected chi connectivity index (χ4v) is 1.70. The third kappa shape index (κ3) is 3.26. The van der Waals surface area contributed by atoms with Gasteiger partial charge in [-0.05, 0) is 32.3 Å². The Hall–Kier alpha value is -2.01. The molecule has 0 aliphatic carbocycles. The molecule has 0 radical (unpaired) electrons. The van der Waals surface area contributed by atoms with Crippen molar-refractivity contribution in [2.24, 2.45) is 0 Å². The summed E-state index contributed by atoms with van der Waals surface area (Å²) in [5.41, 5.74) is 0.612. The Morgan fingerprint density at radius 1 is 1.32 bits per heavy atom. The van der Waals surface area contributed by atoms with Gasteiger partial charge in [0.2, 0.25) is 0 Å². The Bertz CT molecular complexity index is 620. The van der Waals surface area contributed by atoms with Gasteiger partial charge in [-0.1, -0.05) is 0 Å². The molecule has 1 aromatic heterocycles. The number of benzene rings is 1. The van der Waals surface area contributed by atoms with Crippen LogP contribution < -0.4 is 15.7 Å². The van der Waals surface area contributed by atoms with Crippen LogP contribution in [0.4, 0.5) is 5.69 Å². The molecule has 0 fully saturated rings. The van der Waals surface area contributed by atoms with E-state index in [-0.39, 0.29) is 5.63 Å². The van der Waals surface area contributed by atoms with Crippen LogP contribution in [0.3, 0.4) is 0 Å². The molecule has 0 unspecified atom stereocenters. The third-order valence-corrected chi connectivity index (χ3v) is 2.78. The minimum atomic E-state index is -0.375. The summed E-state index contributed by atoms with van der Waals surface area (Å²) in [4.78, 5) is 13.6. The van der Waals surface area contributed by atoms with Gasteiger partial charge in [-0.2, -0.15) is 0 Å². The van der Waals surface area contributed by atoms with Crippen LogP contribution in [0.25, 0.3) is 11.0 Å². The van der Waals surface area contributed by atoms with Gasteiger partial charge >= 0.3 is 5.63 Å². The number of anilines is 1. The van der Waals surface area contributed by atoms with E-state index in [1.807, 2.05) is 31.1 Å². The highest BCUT2D eigenvalue weighted by atomic mass is 16.5. The van der Waals surface area contributed by atoms with Gasteiger partial charge < -0.3 is 19.4 Å². The highest BCUT2D eigenvalue weighted by Crippen LogP contribution is 2.21. The summed E-state index contributed by atoms with van der Waals surface area (Å²) in [6.07, 6.45) is 0. The molecule has 5 heteroatoms. The van der Waals surface area contributed by atoms with Crippen LogP contribution in [-0.4, -0.2) is 39.2 Å². The molecular weight excluding hydrogens is 244 g/mol. The van der Waals surface area contributed by atoms with Gasteiger partial charge in [-0.25, -0.2) is 4.79 Å². The standard InChI is InChI=1S/C14H18N2O3/c1-15-12-8-10-4-5-11(18-7-6-16(2)3)9-13(10)19-14(12)17/h4-5,8-9,15H,6-7H2,1-3H3. The van der Waals surface area contributed by atoms with Gasteiger partial charge in [0, 0.05) is 25.0 Å². The van der Waals surface area contributed by atoms with Crippen LogP contribution in [0.1, 0.15) is 0 Å². The van der Waals surface area contributed by atoms with Crippen molar-refractivity contribution in [2.45, 2.75) is 0 Å². The lowest BCUT2D eigenvalue weighted by molar-refractivity contribution is 0.261. The Morgan fingerprint density at radius 2 is 2.11 bits per heavy atom. The van der Waals surface area contributed by atoms with Crippen LogP contribution >= 0.6 is 0 Å². The number of hydrogen-bond donors (Lipinski definition) is 1. The second-order valence-corrected chi connectivity index (χ2v) is 4.55. The Labute approximate surface area is 111 Å². The predicted octanol–water partition coefficient (Wildman–Crippen LogP) is 1.78. The lowest BCUT2D eigenvalue weighted by Crippen LogP contribution is -2.19. The molecule has 0 bridgehead atoms. The van der Waals surface area contributed by atoms with Crippen LogP contribution in [0.2, 0.25) is 0 Å². The van der Waals surface area contributed by atoms with Gasteiger partial charge in [-0.3, -0.25) is 0 Å². The summed E-state index contributed by atoms with van der Waals surface area (Å²) in [6, 6.07) is 7.26. The number of fused-ring (bicyclic) bond motifs is 1. The smallest absolute Gasteiger partial charge is 0.359 e. The molecule has 0 aliphatic heterocycles. The molecule has 0 amide bonds. The van der Waals surface area contributed by atoms with Gasteiger partial charge in [0.15, 0.2) is 0 Å². The zero-order chi connectivity index (χ0) is 13.8. The first-order chi connectivity index (χ1) is 9.10. The van der Waals surface area contributed by atoms with E-state index in [1.54, 1.807) is 19.2 Å². The molecule has 102 valence electrons. The number of hydrogen-bond acceptors (Lipinski definition) is 5. The molecule has 1 N–H and O–H groups in total. The van der Waals surface area contributed by atoms with Gasteiger partial charge in [0.05, 0.1) is 0 Å². The van der Waals surface area contributed by atoms with E-state index in [2.05, 4.69) is 5.32 Å². The van der Waals surface area contributed by atoms with Crippen LogP contribution in [0, 0.1) is 0 Å². The Balaban J connectivity index is 2.23. The van der Waals surface area contributed by atoms with E-state index >= 15 is 0 Å². The van der Waals surface area contributed by atoms with Crippen molar-refractivity contribution in [3.63, 3.8) is 0 Å². The van der Waals surface area contributed by atoms with Crippen LogP contribution in [-0.2, 0) is 0 Å². The summed E-state index contributed by atoms with van der Waals surface area (Å²) in [6.45, 7) is 1.43. The highest BCUT2D eigenvalue weighted by molar-refractivity contribution is 5.80. The van der Waals surface area contributed by atoms with Crippen molar-refractivity contribution in [2.75, 3.05) is 39.6 Å². The first-order valence-corrected chi connectivity index (χ1v) is 6.13. The second-order valence-electron chi connectivity index (χ2n) is 4.55. The van der Waals surface area contributed by atoms with Gasteiger partial charge in [0.25, 0.3) is 0 Å². The van der Waals surface area contributed by atoms with Crippen LogP contribution in [0.15, 0.2) is 33.5 Å². The van der Waals surface area contributed by atoms with Crippen molar-refractivity contribution >= 4 is 16.7 Å². The highest BCUT2D eigenvalue weighted by Gasteiger charge is 2.05. The SMILES string of the molecule is CNc1cc2ccc(OCCN(C)C)cc2oc1=O. The first kappa shape index (κ1) is 13.4. The minimum absolute atomic E-state index is 0.375. The van der Waals surface area contributed by atoms with E-state index in [0.29, 0.717) is 23.6 Å². The Kier molecular flexibility index (Phi) is 4.06. The summed E-state index contributed by atoms with van der Waals surface area (Å²) in [7, 11) is 5.67. The quantitative estimate of drug-likeness (QED) is 0.832. The third-order valence-electron chi connectivity index (χ3n) is 2.78. The van der Waals surface area contributed by atoms with E-state index in [0.717, 1.165) is 11.9 Å². The van der Waals surface area contributed by atoms with E-state index < -0.39 is 0 Å². The van der Waals surface area contributed by atoms with Crippen molar-refractivity contribution in [3.8, 4) is 5.75 Å². The lowest BCUT2D eigenvalue weighted by Gasteiger charge is -2.11. The van der Waals surface area contributed by atoms with Gasteiger partial charge in [0.1, 0.15) is 23.6 Å².